The van der Waals surface area contributed by atoms with Crippen molar-refractivity contribution in [3.63, 3.8) is 0 Å². The summed E-state index contributed by atoms with van der Waals surface area (Å²) in [5.41, 5.74) is 2.19. The summed E-state index contributed by atoms with van der Waals surface area (Å²) in [5.74, 6) is -1.29. The molecule has 4 heteroatoms. The van der Waals surface area contributed by atoms with Gasteiger partial charge in [0.05, 0.1) is 16.8 Å². The average molecular weight is 293 g/mol. The fraction of sp³-hybridized carbons (Fsp3) is 0. The highest BCUT2D eigenvalue weighted by molar-refractivity contribution is 6.03. The van der Waals surface area contributed by atoms with E-state index in [1.54, 1.807) is 42.5 Å². The molecule has 2 aromatic carbocycles. The third kappa shape index (κ3) is 2.86. The Balaban J connectivity index is 2.04. The zero-order chi connectivity index (χ0) is 15.5. The summed E-state index contributed by atoms with van der Waals surface area (Å²) in [6.45, 7) is 0. The molecular weight excluding hydrogens is 281 g/mol. The van der Waals surface area contributed by atoms with Crippen LogP contribution in [0.5, 0.6) is 0 Å². The Labute approximate surface area is 126 Å². The van der Waals surface area contributed by atoms with E-state index in [0.717, 1.165) is 5.56 Å². The minimum absolute atomic E-state index is 0.212. The molecule has 0 radical (unpaired) electrons. The number of hydrogen-bond acceptors (Lipinski definition) is 2. The second-order valence-electron chi connectivity index (χ2n) is 4.80. The topological polar surface area (TPSA) is 50.2 Å². The molecule has 108 valence electrons. The maximum Gasteiger partial charge on any atom is 0.336 e. The number of aromatic nitrogens is 1. The first-order chi connectivity index (χ1) is 10.6. The second kappa shape index (κ2) is 5.77. The summed E-state index contributed by atoms with van der Waals surface area (Å²) in [5, 5.41) is 9.94. The van der Waals surface area contributed by atoms with Crippen molar-refractivity contribution in [2.75, 3.05) is 0 Å². The number of hydrogen-bond donors (Lipinski definition) is 1. The van der Waals surface area contributed by atoms with Crippen LogP contribution in [0, 0.1) is 5.82 Å². The molecule has 0 saturated carbocycles. The average Bonchev–Trinajstić information content (AvgIpc) is 2.53. The fourth-order valence-electron chi connectivity index (χ4n) is 2.21. The quantitative estimate of drug-likeness (QED) is 0.785. The lowest BCUT2D eigenvalue weighted by Crippen LogP contribution is -2.00. The van der Waals surface area contributed by atoms with Crippen LogP contribution < -0.4 is 0 Å². The van der Waals surface area contributed by atoms with E-state index in [1.807, 2.05) is 6.07 Å². The molecule has 0 aliphatic carbocycles. The molecule has 3 aromatic rings. The van der Waals surface area contributed by atoms with Gasteiger partial charge in [0.15, 0.2) is 0 Å². The summed E-state index contributed by atoms with van der Waals surface area (Å²) in [6.07, 6.45) is 3.48. The monoisotopic (exact) mass is 293 g/mol. The van der Waals surface area contributed by atoms with Gasteiger partial charge in [-0.15, -0.1) is 0 Å². The van der Waals surface area contributed by atoms with Crippen LogP contribution in [0.4, 0.5) is 4.39 Å². The van der Waals surface area contributed by atoms with Gasteiger partial charge < -0.3 is 5.11 Å². The van der Waals surface area contributed by atoms with Crippen LogP contribution in [0.3, 0.4) is 0 Å². The molecule has 1 aromatic heterocycles. The number of pyridine rings is 1. The van der Waals surface area contributed by atoms with Crippen molar-refractivity contribution in [3.05, 3.63) is 77.2 Å². The number of nitrogens with zero attached hydrogens (tertiary/aromatic N) is 1. The molecule has 0 amide bonds. The standard InChI is InChI=1S/C18H12FNO2/c19-13-8-5-12(6-9-13)7-10-14-11-16(18(21)22)15-3-1-2-4-17(15)20-14/h1-11H,(H,21,22)/b10-7+. The molecule has 1 heterocycles. The van der Waals surface area contributed by atoms with Gasteiger partial charge in [-0.05, 0) is 35.9 Å². The van der Waals surface area contributed by atoms with Gasteiger partial charge in [-0.2, -0.15) is 0 Å². The highest BCUT2D eigenvalue weighted by Gasteiger charge is 2.10. The minimum atomic E-state index is -0.991. The van der Waals surface area contributed by atoms with Crippen LogP contribution in [0.25, 0.3) is 23.1 Å². The molecule has 0 fully saturated rings. The van der Waals surface area contributed by atoms with Crippen LogP contribution in [0.2, 0.25) is 0 Å². The molecule has 0 aliphatic rings. The van der Waals surface area contributed by atoms with E-state index in [4.69, 9.17) is 0 Å². The van der Waals surface area contributed by atoms with Crippen LogP contribution in [-0.2, 0) is 0 Å². The minimum Gasteiger partial charge on any atom is -0.478 e. The first kappa shape index (κ1) is 13.9. The summed E-state index contributed by atoms with van der Waals surface area (Å²) in [6, 6.07) is 14.7. The lowest BCUT2D eigenvalue weighted by molar-refractivity contribution is 0.0699. The lowest BCUT2D eigenvalue weighted by atomic mass is 10.1. The van der Waals surface area contributed by atoms with Crippen molar-refractivity contribution < 1.29 is 14.3 Å². The van der Waals surface area contributed by atoms with Crippen molar-refractivity contribution >= 4 is 29.0 Å². The number of aromatic carboxylic acids is 1. The van der Waals surface area contributed by atoms with Gasteiger partial charge in [0, 0.05) is 5.39 Å². The number of benzene rings is 2. The number of carboxylic acid groups (broad SMARTS) is 1. The highest BCUT2D eigenvalue weighted by Crippen LogP contribution is 2.19. The molecule has 0 unspecified atom stereocenters. The molecule has 3 rings (SSSR count). The predicted octanol–water partition coefficient (Wildman–Crippen LogP) is 4.24. The maximum atomic E-state index is 12.9. The molecule has 0 aliphatic heterocycles. The maximum absolute atomic E-state index is 12.9. The van der Waals surface area contributed by atoms with Crippen LogP contribution in [-0.4, -0.2) is 16.1 Å². The number of rotatable bonds is 3. The molecule has 1 N–H and O–H groups in total. The van der Waals surface area contributed by atoms with Crippen molar-refractivity contribution in [1.82, 2.24) is 4.98 Å². The summed E-state index contributed by atoms with van der Waals surface area (Å²) < 4.78 is 12.9. The fourth-order valence-corrected chi connectivity index (χ4v) is 2.21. The van der Waals surface area contributed by atoms with Crippen LogP contribution >= 0.6 is 0 Å². The second-order valence-corrected chi connectivity index (χ2v) is 4.80. The van der Waals surface area contributed by atoms with Gasteiger partial charge >= 0.3 is 5.97 Å². The number of para-hydroxylation sites is 1. The molecule has 0 bridgehead atoms. The molecule has 0 saturated heterocycles. The van der Waals surface area contributed by atoms with Gasteiger partial charge in [-0.25, -0.2) is 14.2 Å². The van der Waals surface area contributed by atoms with Gasteiger partial charge in [-0.1, -0.05) is 36.4 Å². The molecule has 22 heavy (non-hydrogen) atoms. The van der Waals surface area contributed by atoms with E-state index >= 15 is 0 Å². The summed E-state index contributed by atoms with van der Waals surface area (Å²) in [4.78, 5) is 15.8. The number of carbonyl (C=O) groups is 1. The lowest BCUT2D eigenvalue weighted by Gasteiger charge is -2.04. The van der Waals surface area contributed by atoms with E-state index in [-0.39, 0.29) is 11.4 Å². The van der Waals surface area contributed by atoms with Crippen molar-refractivity contribution in [2.45, 2.75) is 0 Å². The first-order valence-electron chi connectivity index (χ1n) is 6.70. The van der Waals surface area contributed by atoms with Gasteiger partial charge in [0.25, 0.3) is 0 Å². The van der Waals surface area contributed by atoms with E-state index in [2.05, 4.69) is 4.98 Å². The van der Waals surface area contributed by atoms with Crippen molar-refractivity contribution in [3.8, 4) is 0 Å². The third-order valence-corrected chi connectivity index (χ3v) is 3.28. The Morgan fingerprint density at radius 2 is 1.77 bits per heavy atom. The largest absolute Gasteiger partial charge is 0.478 e. The molecular formula is C18H12FNO2. The van der Waals surface area contributed by atoms with Crippen molar-refractivity contribution in [1.29, 1.82) is 0 Å². The smallest absolute Gasteiger partial charge is 0.336 e. The predicted molar refractivity (Wildman–Crippen MR) is 84.0 cm³/mol. The van der Waals surface area contributed by atoms with Gasteiger partial charge in [0.2, 0.25) is 0 Å². The Bertz CT molecular complexity index is 870. The summed E-state index contributed by atoms with van der Waals surface area (Å²) in [7, 11) is 0. The van der Waals surface area contributed by atoms with Crippen molar-refractivity contribution in [2.24, 2.45) is 0 Å². The number of carboxylic acids is 1. The third-order valence-electron chi connectivity index (χ3n) is 3.28. The van der Waals surface area contributed by atoms with E-state index in [9.17, 15) is 14.3 Å². The molecule has 0 atom stereocenters. The normalized spacial score (nSPS) is 11.1. The Hall–Kier alpha value is -3.01. The zero-order valence-electron chi connectivity index (χ0n) is 11.5. The Kier molecular flexibility index (Phi) is 3.66. The van der Waals surface area contributed by atoms with Crippen LogP contribution in [0.1, 0.15) is 21.6 Å². The molecule has 3 nitrogen and oxygen atoms in total. The highest BCUT2D eigenvalue weighted by atomic mass is 19.1. The SMILES string of the molecule is O=C(O)c1cc(/C=C/c2ccc(F)cc2)nc2ccccc12. The van der Waals surface area contributed by atoms with Gasteiger partial charge in [-0.3, -0.25) is 0 Å². The molecule has 0 spiro atoms. The number of fused-ring (bicyclic) bond motifs is 1. The van der Waals surface area contributed by atoms with E-state index < -0.39 is 5.97 Å². The summed E-state index contributed by atoms with van der Waals surface area (Å²) >= 11 is 0. The zero-order valence-corrected chi connectivity index (χ0v) is 11.5. The van der Waals surface area contributed by atoms with E-state index in [0.29, 0.717) is 16.6 Å². The van der Waals surface area contributed by atoms with Crippen LogP contribution in [0.15, 0.2) is 54.6 Å². The Morgan fingerprint density at radius 3 is 2.50 bits per heavy atom. The first-order valence-corrected chi connectivity index (χ1v) is 6.70. The number of halogens is 1. The Morgan fingerprint density at radius 1 is 1.05 bits per heavy atom. The van der Waals surface area contributed by atoms with E-state index in [1.165, 1.54) is 18.2 Å². The van der Waals surface area contributed by atoms with Gasteiger partial charge in [0.1, 0.15) is 5.82 Å².